The van der Waals surface area contributed by atoms with E-state index in [2.05, 4.69) is 160 Å². The van der Waals surface area contributed by atoms with Crippen LogP contribution in [0, 0.1) is 0 Å². The van der Waals surface area contributed by atoms with E-state index in [1.165, 1.54) is 0 Å². The maximum atomic E-state index is 12.8. The number of carbonyl (C=O) groups excluding carboxylic acids is 2. The van der Waals surface area contributed by atoms with Crippen molar-refractivity contribution in [3.05, 3.63) is 146 Å². The van der Waals surface area contributed by atoms with Crippen molar-refractivity contribution < 1.29 is 42.1 Å². The Balaban J connectivity index is 4.40. The second kappa shape index (κ2) is 49.9. The van der Waals surface area contributed by atoms with Gasteiger partial charge in [0.05, 0.1) is 27.7 Å². The fraction of sp³-hybridized carbons (Fsp3) is 0.567. The molecular formula is C60H96NO8P. The van der Waals surface area contributed by atoms with Crippen molar-refractivity contribution in [1.82, 2.24) is 0 Å². The number of hydrogen-bond donors (Lipinski definition) is 0. The Morgan fingerprint density at radius 3 is 1.16 bits per heavy atom. The van der Waals surface area contributed by atoms with Crippen LogP contribution >= 0.6 is 7.82 Å². The molecule has 0 aliphatic heterocycles. The van der Waals surface area contributed by atoms with Crippen molar-refractivity contribution >= 4 is 19.8 Å². The lowest BCUT2D eigenvalue weighted by atomic mass is 10.1. The van der Waals surface area contributed by atoms with Crippen LogP contribution in [-0.2, 0) is 32.7 Å². The van der Waals surface area contributed by atoms with Gasteiger partial charge in [-0.25, -0.2) is 0 Å². The molecule has 0 amide bonds. The zero-order valence-electron chi connectivity index (χ0n) is 44.4. The number of likely N-dealkylation sites (N-methyl/N-ethyl adjacent to an activating group) is 1. The first kappa shape index (κ1) is 65.9. The zero-order valence-corrected chi connectivity index (χ0v) is 45.3. The largest absolute Gasteiger partial charge is 0.756 e. The number of esters is 2. The third kappa shape index (κ3) is 53.2. The highest BCUT2D eigenvalue weighted by molar-refractivity contribution is 7.45. The average molecular weight is 990 g/mol. The number of carbonyl (C=O) groups is 2. The Morgan fingerprint density at radius 1 is 0.443 bits per heavy atom. The molecule has 0 bridgehead atoms. The molecule has 2 unspecified atom stereocenters. The molecule has 394 valence electrons. The Hall–Kier alpha value is -4.11. The Kier molecular flexibility index (Phi) is 46.9. The number of hydrogen-bond acceptors (Lipinski definition) is 8. The van der Waals surface area contributed by atoms with E-state index in [0.29, 0.717) is 23.9 Å². The number of rotatable bonds is 46. The minimum absolute atomic E-state index is 0.0508. The summed E-state index contributed by atoms with van der Waals surface area (Å²) in [5.74, 6) is -0.910. The molecule has 9 nitrogen and oxygen atoms in total. The van der Waals surface area contributed by atoms with E-state index in [1.54, 1.807) is 0 Å². The number of allylic oxidation sites excluding steroid dienone is 24. The summed E-state index contributed by atoms with van der Waals surface area (Å²) in [5.41, 5.74) is 0. The molecule has 0 heterocycles. The van der Waals surface area contributed by atoms with E-state index >= 15 is 0 Å². The van der Waals surface area contributed by atoms with Crippen LogP contribution in [0.4, 0.5) is 0 Å². The molecule has 10 heteroatoms. The van der Waals surface area contributed by atoms with Crippen molar-refractivity contribution in [1.29, 1.82) is 0 Å². The fourth-order valence-corrected chi connectivity index (χ4v) is 7.04. The summed E-state index contributed by atoms with van der Waals surface area (Å²) in [4.78, 5) is 37.8. The number of nitrogens with zero attached hydrogens (tertiary/aromatic N) is 1. The normalized spacial score (nSPS) is 14.5. The second-order valence-corrected chi connectivity index (χ2v) is 19.5. The van der Waals surface area contributed by atoms with Gasteiger partial charge in [-0.15, -0.1) is 0 Å². The molecule has 2 atom stereocenters. The highest BCUT2D eigenvalue weighted by atomic mass is 31.2. The van der Waals surface area contributed by atoms with E-state index in [0.717, 1.165) is 128 Å². The van der Waals surface area contributed by atoms with Gasteiger partial charge in [-0.05, 0) is 116 Å². The summed E-state index contributed by atoms with van der Waals surface area (Å²) in [6.07, 6.45) is 73.1. The van der Waals surface area contributed by atoms with Gasteiger partial charge in [-0.2, -0.15) is 0 Å². The van der Waals surface area contributed by atoms with Crippen LogP contribution in [0.2, 0.25) is 0 Å². The van der Waals surface area contributed by atoms with Crippen LogP contribution in [-0.4, -0.2) is 70.0 Å². The summed E-state index contributed by atoms with van der Waals surface area (Å²) in [7, 11) is 1.10. The van der Waals surface area contributed by atoms with Gasteiger partial charge in [-0.1, -0.05) is 185 Å². The summed E-state index contributed by atoms with van der Waals surface area (Å²) in [6, 6.07) is 0. The monoisotopic (exact) mass is 990 g/mol. The maximum Gasteiger partial charge on any atom is 0.306 e. The lowest BCUT2D eigenvalue weighted by Gasteiger charge is -2.28. The van der Waals surface area contributed by atoms with Crippen molar-refractivity contribution in [3.8, 4) is 0 Å². The summed E-state index contributed by atoms with van der Waals surface area (Å²) >= 11 is 0. The topological polar surface area (TPSA) is 111 Å². The molecule has 0 saturated carbocycles. The molecule has 0 rings (SSSR count). The predicted octanol–water partition coefficient (Wildman–Crippen LogP) is 15.7. The smallest absolute Gasteiger partial charge is 0.306 e. The van der Waals surface area contributed by atoms with Crippen molar-refractivity contribution in [3.63, 3.8) is 0 Å². The molecule has 0 aromatic heterocycles. The quantitative estimate of drug-likeness (QED) is 0.0195. The fourth-order valence-electron chi connectivity index (χ4n) is 6.31. The van der Waals surface area contributed by atoms with Crippen molar-refractivity contribution in [2.45, 2.75) is 174 Å². The molecular weight excluding hydrogens is 894 g/mol. The van der Waals surface area contributed by atoms with Gasteiger partial charge >= 0.3 is 11.9 Å². The molecule has 0 aliphatic rings. The first-order chi connectivity index (χ1) is 34.0. The van der Waals surface area contributed by atoms with Crippen LogP contribution in [0.5, 0.6) is 0 Å². The van der Waals surface area contributed by atoms with Crippen LogP contribution in [0.1, 0.15) is 168 Å². The third-order valence-corrected chi connectivity index (χ3v) is 11.3. The first-order valence-corrected chi connectivity index (χ1v) is 28.0. The van der Waals surface area contributed by atoms with E-state index < -0.39 is 32.5 Å². The summed E-state index contributed by atoms with van der Waals surface area (Å²) < 4.78 is 34.0. The predicted molar refractivity (Wildman–Crippen MR) is 295 cm³/mol. The van der Waals surface area contributed by atoms with Crippen molar-refractivity contribution in [2.75, 3.05) is 47.5 Å². The average Bonchev–Trinajstić information content (AvgIpc) is 3.32. The summed E-state index contributed by atoms with van der Waals surface area (Å²) in [5, 5.41) is 0. The number of quaternary nitrogens is 1. The zero-order chi connectivity index (χ0) is 51.3. The lowest BCUT2D eigenvalue weighted by Crippen LogP contribution is -2.37. The Labute approximate surface area is 427 Å². The van der Waals surface area contributed by atoms with Crippen LogP contribution in [0.3, 0.4) is 0 Å². The maximum absolute atomic E-state index is 12.8. The minimum atomic E-state index is -4.66. The molecule has 0 aromatic rings. The second-order valence-electron chi connectivity index (χ2n) is 18.1. The van der Waals surface area contributed by atoms with Crippen molar-refractivity contribution in [2.24, 2.45) is 0 Å². The SMILES string of the molecule is CC/C=C\C/C=C\C/C=C\C/C=C\C/C=C\C/C=C\C/C=C\CCCCCC(=O)OC(COC(=O)CCCCCCC/C=C\C/C=C\C/C=C\C/C=C\C/C=C\CC)COP(=O)([O-])OCC[N+](C)(C)C. The van der Waals surface area contributed by atoms with Gasteiger partial charge in [-0.3, -0.25) is 14.2 Å². The number of phosphoric acid groups is 1. The molecule has 0 N–H and O–H groups in total. The molecule has 0 spiro atoms. The van der Waals surface area contributed by atoms with E-state index in [1.807, 2.05) is 21.1 Å². The van der Waals surface area contributed by atoms with Crippen LogP contribution in [0.25, 0.3) is 0 Å². The number of unbranched alkanes of at least 4 members (excludes halogenated alkanes) is 8. The van der Waals surface area contributed by atoms with Crippen LogP contribution < -0.4 is 4.89 Å². The highest BCUT2D eigenvalue weighted by Crippen LogP contribution is 2.38. The van der Waals surface area contributed by atoms with Gasteiger partial charge in [0.1, 0.15) is 19.8 Å². The minimum Gasteiger partial charge on any atom is -0.756 e. The molecule has 70 heavy (non-hydrogen) atoms. The van der Waals surface area contributed by atoms with Gasteiger partial charge in [0, 0.05) is 12.8 Å². The van der Waals surface area contributed by atoms with Gasteiger partial charge in [0.25, 0.3) is 7.82 Å². The third-order valence-electron chi connectivity index (χ3n) is 10.4. The highest BCUT2D eigenvalue weighted by Gasteiger charge is 2.21. The Morgan fingerprint density at radius 2 is 0.771 bits per heavy atom. The lowest BCUT2D eigenvalue weighted by molar-refractivity contribution is -0.870. The molecule has 0 aromatic carbocycles. The van der Waals surface area contributed by atoms with Gasteiger partial charge < -0.3 is 27.9 Å². The molecule has 0 fully saturated rings. The van der Waals surface area contributed by atoms with Crippen LogP contribution in [0.15, 0.2) is 146 Å². The van der Waals surface area contributed by atoms with E-state index in [-0.39, 0.29) is 26.1 Å². The van der Waals surface area contributed by atoms with E-state index in [9.17, 15) is 19.0 Å². The first-order valence-electron chi connectivity index (χ1n) is 26.5. The number of phosphoric ester groups is 1. The Bertz CT molecular complexity index is 1690. The van der Waals surface area contributed by atoms with Gasteiger partial charge in [0.15, 0.2) is 6.10 Å². The van der Waals surface area contributed by atoms with E-state index in [4.69, 9.17) is 18.5 Å². The number of ether oxygens (including phenoxy) is 2. The molecule has 0 saturated heterocycles. The molecule has 0 aliphatic carbocycles. The standard InChI is InChI=1S/C60H96NO8P/c1-6-8-10-12-14-16-18-20-22-24-26-28-29-30-31-33-35-37-39-41-43-45-47-49-51-53-60(63)69-58(57-68-70(64,65)67-55-54-61(3,4)5)56-66-59(62)52-50-48-46-44-42-40-38-36-34-32-27-25-23-21-19-17-15-13-11-9-7-2/h8-11,14-17,20-23,26-28,30-32,35-38,41,43,58H,6-7,12-13,18-19,24-25,29,33-34,39-40,42,44-57H2,1-5H3/b10-8-,11-9-,16-14-,17-15-,22-20-,23-21-,28-26-,31-30-,32-27-,37-35-,38-36-,43-41-. The summed E-state index contributed by atoms with van der Waals surface area (Å²) in [6.45, 7) is 3.91. The molecule has 0 radical (unpaired) electrons. The van der Waals surface area contributed by atoms with Gasteiger partial charge in [0.2, 0.25) is 0 Å².